The molecule has 0 amide bonds. The first-order valence-electron chi connectivity index (χ1n) is 7.81. The Morgan fingerprint density at radius 3 is 2.31 bits per heavy atom. The van der Waals surface area contributed by atoms with E-state index in [1.165, 1.54) is 18.7 Å². The molecule has 26 heavy (non-hydrogen) atoms. The van der Waals surface area contributed by atoms with Crippen molar-refractivity contribution in [3.63, 3.8) is 0 Å². The van der Waals surface area contributed by atoms with Crippen LogP contribution < -0.4 is 4.72 Å². The van der Waals surface area contributed by atoms with E-state index in [1.54, 1.807) is 17.5 Å². The number of rotatable bonds is 6. The molecule has 3 aromatic rings. The maximum absolute atomic E-state index is 12.6. The molecule has 0 bridgehead atoms. The zero-order chi connectivity index (χ0) is 18.6. The molecule has 7 heteroatoms. The molecular formula is C19H17NO4S2. The van der Waals surface area contributed by atoms with Gasteiger partial charge in [0.25, 0.3) is 10.0 Å². The maximum atomic E-state index is 12.6. The number of thiophene rings is 1. The molecule has 2 aromatic carbocycles. The predicted octanol–water partition coefficient (Wildman–Crippen LogP) is 3.93. The number of carbonyl (C=O) groups excluding carboxylic acids is 1. The summed E-state index contributed by atoms with van der Waals surface area (Å²) in [7, 11) is -2.65. The molecule has 5 nitrogen and oxygen atoms in total. The highest BCUT2D eigenvalue weighted by Crippen LogP contribution is 2.25. The fourth-order valence-electron chi connectivity index (χ4n) is 2.48. The Labute approximate surface area is 156 Å². The van der Waals surface area contributed by atoms with Gasteiger partial charge in [-0.15, -0.1) is 11.3 Å². The number of sulfonamides is 1. The number of carbonyl (C=O) groups is 1. The Morgan fingerprint density at radius 1 is 1.00 bits per heavy atom. The molecule has 134 valence electrons. The summed E-state index contributed by atoms with van der Waals surface area (Å²) < 4.78 is 32.3. The first kappa shape index (κ1) is 18.2. The quantitative estimate of drug-likeness (QED) is 0.651. The van der Waals surface area contributed by atoms with Gasteiger partial charge >= 0.3 is 5.97 Å². The SMILES string of the molecule is COC(=O)c1sccc1S(=O)(=O)Nc1ccc(Cc2ccccc2)cc1. The average Bonchev–Trinajstić information content (AvgIpc) is 3.14. The molecule has 0 fully saturated rings. The predicted molar refractivity (Wildman–Crippen MR) is 102 cm³/mol. The molecule has 0 aliphatic heterocycles. The largest absolute Gasteiger partial charge is 0.465 e. The monoisotopic (exact) mass is 387 g/mol. The van der Waals surface area contributed by atoms with Crippen LogP contribution in [0.1, 0.15) is 20.8 Å². The number of anilines is 1. The molecular weight excluding hydrogens is 370 g/mol. The van der Waals surface area contributed by atoms with E-state index in [0.29, 0.717) is 5.69 Å². The van der Waals surface area contributed by atoms with Crippen LogP contribution >= 0.6 is 11.3 Å². The number of nitrogens with one attached hydrogen (secondary N) is 1. The maximum Gasteiger partial charge on any atom is 0.349 e. The van der Waals surface area contributed by atoms with Crippen molar-refractivity contribution in [3.8, 4) is 0 Å². The van der Waals surface area contributed by atoms with Gasteiger partial charge in [0.1, 0.15) is 9.77 Å². The fourth-order valence-corrected chi connectivity index (χ4v) is 4.88. The Hall–Kier alpha value is -2.64. The normalized spacial score (nSPS) is 11.1. The van der Waals surface area contributed by atoms with E-state index in [0.717, 1.165) is 23.3 Å². The van der Waals surface area contributed by atoms with E-state index in [2.05, 4.69) is 9.46 Å². The third-order valence-corrected chi connectivity index (χ3v) is 6.19. The minimum absolute atomic E-state index is 0.0562. The summed E-state index contributed by atoms with van der Waals surface area (Å²) in [5.41, 5.74) is 2.69. The summed E-state index contributed by atoms with van der Waals surface area (Å²) in [6.45, 7) is 0. The van der Waals surface area contributed by atoms with Gasteiger partial charge in [-0.3, -0.25) is 4.72 Å². The van der Waals surface area contributed by atoms with Crippen LogP contribution in [0.2, 0.25) is 0 Å². The highest BCUT2D eigenvalue weighted by Gasteiger charge is 2.24. The molecule has 0 saturated carbocycles. The summed E-state index contributed by atoms with van der Waals surface area (Å²) in [4.78, 5) is 11.7. The molecule has 1 heterocycles. The summed E-state index contributed by atoms with van der Waals surface area (Å²) >= 11 is 1.03. The van der Waals surface area contributed by atoms with Gasteiger partial charge in [0.2, 0.25) is 0 Å². The number of hydrogen-bond donors (Lipinski definition) is 1. The van der Waals surface area contributed by atoms with Gasteiger partial charge in [-0.25, -0.2) is 13.2 Å². The highest BCUT2D eigenvalue weighted by molar-refractivity contribution is 7.93. The first-order valence-corrected chi connectivity index (χ1v) is 10.2. The summed E-state index contributed by atoms with van der Waals surface area (Å²) in [6, 6.07) is 18.6. The smallest absolute Gasteiger partial charge is 0.349 e. The molecule has 3 rings (SSSR count). The minimum Gasteiger partial charge on any atom is -0.465 e. The molecule has 0 radical (unpaired) electrons. The lowest BCUT2D eigenvalue weighted by atomic mass is 10.1. The molecule has 0 unspecified atom stereocenters. The van der Waals surface area contributed by atoms with Crippen LogP contribution in [0, 0.1) is 0 Å². The fraction of sp³-hybridized carbons (Fsp3) is 0.105. The van der Waals surface area contributed by atoms with Gasteiger partial charge in [0.05, 0.1) is 7.11 Å². The van der Waals surface area contributed by atoms with Gasteiger partial charge in [0, 0.05) is 5.69 Å². The second kappa shape index (κ2) is 7.72. The Kier molecular flexibility index (Phi) is 5.39. The topological polar surface area (TPSA) is 72.5 Å². The second-order valence-corrected chi connectivity index (χ2v) is 8.14. The van der Waals surface area contributed by atoms with Gasteiger partial charge in [-0.2, -0.15) is 0 Å². The van der Waals surface area contributed by atoms with Crippen molar-refractivity contribution in [1.82, 2.24) is 0 Å². The molecule has 0 saturated heterocycles. The number of benzene rings is 2. The van der Waals surface area contributed by atoms with Gasteiger partial charge < -0.3 is 4.74 Å². The summed E-state index contributed by atoms with van der Waals surface area (Å²) in [6.07, 6.45) is 0.769. The Morgan fingerprint density at radius 2 is 1.65 bits per heavy atom. The molecule has 0 aliphatic carbocycles. The van der Waals surface area contributed by atoms with Crippen LogP contribution in [0.5, 0.6) is 0 Å². The molecule has 0 aliphatic rings. The lowest BCUT2D eigenvalue weighted by Gasteiger charge is -2.09. The van der Waals surface area contributed by atoms with E-state index in [4.69, 9.17) is 0 Å². The van der Waals surface area contributed by atoms with E-state index < -0.39 is 16.0 Å². The van der Waals surface area contributed by atoms with Crippen LogP contribution in [0.4, 0.5) is 5.69 Å². The molecule has 1 aromatic heterocycles. The van der Waals surface area contributed by atoms with Crippen LogP contribution in [-0.2, 0) is 21.2 Å². The van der Waals surface area contributed by atoms with Crippen molar-refractivity contribution in [1.29, 1.82) is 0 Å². The first-order chi connectivity index (χ1) is 12.5. The van der Waals surface area contributed by atoms with Crippen LogP contribution in [-0.4, -0.2) is 21.5 Å². The molecule has 0 atom stereocenters. The van der Waals surface area contributed by atoms with Crippen LogP contribution in [0.15, 0.2) is 70.9 Å². The number of esters is 1. The van der Waals surface area contributed by atoms with Crippen molar-refractivity contribution in [2.24, 2.45) is 0 Å². The second-order valence-electron chi connectivity index (χ2n) is 5.57. The Balaban J connectivity index is 1.76. The zero-order valence-corrected chi connectivity index (χ0v) is 15.6. The van der Waals surface area contributed by atoms with E-state index >= 15 is 0 Å². The van der Waals surface area contributed by atoms with Crippen LogP contribution in [0.25, 0.3) is 0 Å². The minimum atomic E-state index is -3.87. The number of ether oxygens (including phenoxy) is 1. The van der Waals surface area contributed by atoms with Crippen molar-refractivity contribution in [2.45, 2.75) is 11.3 Å². The Bertz CT molecular complexity index is 994. The van der Waals surface area contributed by atoms with Crippen molar-refractivity contribution in [2.75, 3.05) is 11.8 Å². The molecule has 0 spiro atoms. The van der Waals surface area contributed by atoms with Gasteiger partial charge in [-0.05, 0) is 41.1 Å². The lowest BCUT2D eigenvalue weighted by Crippen LogP contribution is -2.15. The van der Waals surface area contributed by atoms with Crippen LogP contribution in [0.3, 0.4) is 0 Å². The standard InChI is InChI=1S/C19H17NO4S2/c1-24-19(21)18-17(11-12-25-18)26(22,23)20-16-9-7-15(8-10-16)13-14-5-3-2-4-6-14/h2-12,20H,13H2,1H3. The zero-order valence-electron chi connectivity index (χ0n) is 14.0. The van der Waals surface area contributed by atoms with E-state index in [-0.39, 0.29) is 9.77 Å². The van der Waals surface area contributed by atoms with Crippen molar-refractivity contribution in [3.05, 3.63) is 82.0 Å². The summed E-state index contributed by atoms with van der Waals surface area (Å²) in [5.74, 6) is -0.668. The van der Waals surface area contributed by atoms with Gasteiger partial charge in [0.15, 0.2) is 0 Å². The lowest BCUT2D eigenvalue weighted by molar-refractivity contribution is 0.0602. The van der Waals surface area contributed by atoms with E-state index in [9.17, 15) is 13.2 Å². The van der Waals surface area contributed by atoms with Crippen molar-refractivity contribution < 1.29 is 17.9 Å². The van der Waals surface area contributed by atoms with E-state index in [1.807, 2.05) is 42.5 Å². The van der Waals surface area contributed by atoms with Gasteiger partial charge in [-0.1, -0.05) is 42.5 Å². The third-order valence-electron chi connectivity index (χ3n) is 3.75. The van der Waals surface area contributed by atoms with Crippen molar-refractivity contribution >= 4 is 33.0 Å². The third kappa shape index (κ3) is 4.12. The number of methoxy groups -OCH3 is 1. The average molecular weight is 387 g/mol. The summed E-state index contributed by atoms with van der Waals surface area (Å²) in [5, 5.41) is 1.55. The highest BCUT2D eigenvalue weighted by atomic mass is 32.2. The number of hydrogen-bond acceptors (Lipinski definition) is 5. The molecule has 1 N–H and O–H groups in total.